The summed E-state index contributed by atoms with van der Waals surface area (Å²) in [5, 5.41) is 3.71. The standard InChI is InChI=1S/C16H26N2/c1-15(2)8-14(9-16(3,4)12-15)18-11-13-6-5-7-17-10-13/h5-7,10,14,18H,8-9,11-12H2,1-4H3. The van der Waals surface area contributed by atoms with E-state index in [2.05, 4.69) is 44.1 Å². The third-order valence-corrected chi connectivity index (χ3v) is 3.87. The van der Waals surface area contributed by atoms with Gasteiger partial charge in [-0.2, -0.15) is 0 Å². The predicted octanol–water partition coefficient (Wildman–Crippen LogP) is 3.78. The van der Waals surface area contributed by atoms with Gasteiger partial charge in [0, 0.05) is 25.0 Å². The Balaban J connectivity index is 1.93. The molecule has 1 fully saturated rings. The second-order valence-electron chi connectivity index (χ2n) is 7.35. The Morgan fingerprint density at radius 1 is 1.22 bits per heavy atom. The average Bonchev–Trinajstić information content (AvgIpc) is 2.24. The number of nitrogens with zero attached hydrogens (tertiary/aromatic N) is 1. The number of pyridine rings is 1. The summed E-state index contributed by atoms with van der Waals surface area (Å²) in [6.45, 7) is 10.5. The molecule has 1 aromatic rings. The summed E-state index contributed by atoms with van der Waals surface area (Å²) in [5.41, 5.74) is 2.18. The van der Waals surface area contributed by atoms with Crippen LogP contribution in [0.25, 0.3) is 0 Å². The van der Waals surface area contributed by atoms with E-state index >= 15 is 0 Å². The number of nitrogens with one attached hydrogen (secondary N) is 1. The number of hydrogen-bond acceptors (Lipinski definition) is 2. The maximum absolute atomic E-state index is 4.17. The van der Waals surface area contributed by atoms with Crippen molar-refractivity contribution in [2.45, 2.75) is 59.5 Å². The van der Waals surface area contributed by atoms with Crippen LogP contribution in [-0.4, -0.2) is 11.0 Å². The lowest BCUT2D eigenvalue weighted by atomic mass is 9.63. The Hall–Kier alpha value is -0.890. The van der Waals surface area contributed by atoms with Crippen LogP contribution in [0.2, 0.25) is 0 Å². The Bertz CT molecular complexity index is 365. The summed E-state index contributed by atoms with van der Waals surface area (Å²) < 4.78 is 0. The minimum absolute atomic E-state index is 0.453. The second-order valence-corrected chi connectivity index (χ2v) is 7.35. The topological polar surface area (TPSA) is 24.9 Å². The van der Waals surface area contributed by atoms with Crippen molar-refractivity contribution < 1.29 is 0 Å². The summed E-state index contributed by atoms with van der Waals surface area (Å²) in [6.07, 6.45) is 7.65. The fourth-order valence-corrected chi connectivity index (χ4v) is 3.76. The number of rotatable bonds is 3. The molecule has 18 heavy (non-hydrogen) atoms. The molecule has 2 nitrogen and oxygen atoms in total. The van der Waals surface area contributed by atoms with E-state index in [1.54, 1.807) is 0 Å². The maximum atomic E-state index is 4.17. The Morgan fingerprint density at radius 2 is 1.89 bits per heavy atom. The van der Waals surface area contributed by atoms with Gasteiger partial charge in [0.1, 0.15) is 0 Å². The number of aromatic nitrogens is 1. The zero-order chi connectivity index (χ0) is 13.2. The highest BCUT2D eigenvalue weighted by molar-refractivity contribution is 5.08. The molecular formula is C16H26N2. The summed E-state index contributed by atoms with van der Waals surface area (Å²) in [4.78, 5) is 4.17. The van der Waals surface area contributed by atoms with Gasteiger partial charge >= 0.3 is 0 Å². The average molecular weight is 246 g/mol. The molecule has 0 bridgehead atoms. The fourth-order valence-electron chi connectivity index (χ4n) is 3.76. The maximum Gasteiger partial charge on any atom is 0.0312 e. The van der Waals surface area contributed by atoms with Crippen molar-refractivity contribution in [3.05, 3.63) is 30.1 Å². The summed E-state index contributed by atoms with van der Waals surface area (Å²) in [5.74, 6) is 0. The number of hydrogen-bond donors (Lipinski definition) is 1. The van der Waals surface area contributed by atoms with Gasteiger partial charge in [0.05, 0.1) is 0 Å². The molecule has 100 valence electrons. The van der Waals surface area contributed by atoms with E-state index in [0.29, 0.717) is 16.9 Å². The summed E-state index contributed by atoms with van der Waals surface area (Å²) >= 11 is 0. The molecule has 0 amide bonds. The molecule has 0 spiro atoms. The molecule has 1 heterocycles. The van der Waals surface area contributed by atoms with Crippen LogP contribution in [0.5, 0.6) is 0 Å². The third-order valence-electron chi connectivity index (χ3n) is 3.87. The summed E-state index contributed by atoms with van der Waals surface area (Å²) in [7, 11) is 0. The molecule has 1 N–H and O–H groups in total. The van der Waals surface area contributed by atoms with Crippen molar-refractivity contribution in [3.8, 4) is 0 Å². The highest BCUT2D eigenvalue weighted by Crippen LogP contribution is 2.45. The first-order chi connectivity index (χ1) is 8.36. The van der Waals surface area contributed by atoms with Crippen LogP contribution in [0.3, 0.4) is 0 Å². The largest absolute Gasteiger partial charge is 0.310 e. The van der Waals surface area contributed by atoms with Gasteiger partial charge in [-0.1, -0.05) is 33.8 Å². The predicted molar refractivity (Wildman–Crippen MR) is 76.3 cm³/mol. The van der Waals surface area contributed by atoms with E-state index in [4.69, 9.17) is 0 Å². The Labute approximate surface area is 111 Å². The van der Waals surface area contributed by atoms with Gasteiger partial charge < -0.3 is 5.32 Å². The smallest absolute Gasteiger partial charge is 0.0312 e. The first kappa shape index (κ1) is 13.5. The zero-order valence-electron chi connectivity index (χ0n) is 12.2. The molecular weight excluding hydrogens is 220 g/mol. The van der Waals surface area contributed by atoms with Crippen LogP contribution in [0.4, 0.5) is 0 Å². The zero-order valence-corrected chi connectivity index (χ0v) is 12.2. The van der Waals surface area contributed by atoms with Crippen molar-refractivity contribution >= 4 is 0 Å². The first-order valence-electron chi connectivity index (χ1n) is 6.99. The van der Waals surface area contributed by atoms with E-state index in [9.17, 15) is 0 Å². The van der Waals surface area contributed by atoms with Gasteiger partial charge in [-0.15, -0.1) is 0 Å². The monoisotopic (exact) mass is 246 g/mol. The van der Waals surface area contributed by atoms with Gasteiger partial charge in [-0.05, 0) is 41.7 Å². The quantitative estimate of drug-likeness (QED) is 0.878. The van der Waals surface area contributed by atoms with Gasteiger partial charge in [0.2, 0.25) is 0 Å². The molecule has 2 rings (SSSR count). The van der Waals surface area contributed by atoms with E-state index < -0.39 is 0 Å². The van der Waals surface area contributed by atoms with Gasteiger partial charge in [-0.3, -0.25) is 4.98 Å². The molecule has 1 aromatic heterocycles. The molecule has 1 saturated carbocycles. The van der Waals surface area contributed by atoms with Crippen LogP contribution < -0.4 is 5.32 Å². The molecule has 2 heteroatoms. The van der Waals surface area contributed by atoms with Crippen LogP contribution in [0, 0.1) is 10.8 Å². The molecule has 1 aliphatic rings. The van der Waals surface area contributed by atoms with Crippen LogP contribution in [0.15, 0.2) is 24.5 Å². The van der Waals surface area contributed by atoms with E-state index in [1.807, 2.05) is 18.5 Å². The first-order valence-corrected chi connectivity index (χ1v) is 6.99. The van der Waals surface area contributed by atoms with Crippen LogP contribution in [-0.2, 0) is 6.54 Å². The lowest BCUT2D eigenvalue weighted by molar-refractivity contribution is 0.0845. The molecule has 1 aliphatic carbocycles. The minimum Gasteiger partial charge on any atom is -0.310 e. The molecule has 0 atom stereocenters. The van der Waals surface area contributed by atoms with Crippen molar-refractivity contribution in [1.29, 1.82) is 0 Å². The van der Waals surface area contributed by atoms with Gasteiger partial charge in [0.25, 0.3) is 0 Å². The molecule has 0 radical (unpaired) electrons. The molecule has 0 aromatic carbocycles. The third kappa shape index (κ3) is 3.81. The Morgan fingerprint density at radius 3 is 2.44 bits per heavy atom. The lowest BCUT2D eigenvalue weighted by Crippen LogP contribution is -2.43. The minimum atomic E-state index is 0.453. The van der Waals surface area contributed by atoms with Gasteiger partial charge in [0.15, 0.2) is 0 Å². The second kappa shape index (κ2) is 5.00. The molecule has 0 saturated heterocycles. The molecule has 0 unspecified atom stereocenters. The fraction of sp³-hybridized carbons (Fsp3) is 0.688. The van der Waals surface area contributed by atoms with E-state index in [0.717, 1.165) is 6.54 Å². The highest BCUT2D eigenvalue weighted by atomic mass is 14.9. The Kier molecular flexibility index (Phi) is 3.76. The van der Waals surface area contributed by atoms with E-state index in [1.165, 1.54) is 24.8 Å². The van der Waals surface area contributed by atoms with Crippen molar-refractivity contribution in [1.82, 2.24) is 10.3 Å². The normalized spacial score (nSPS) is 22.9. The highest BCUT2D eigenvalue weighted by Gasteiger charge is 2.37. The van der Waals surface area contributed by atoms with Crippen molar-refractivity contribution in [3.63, 3.8) is 0 Å². The summed E-state index contributed by atoms with van der Waals surface area (Å²) in [6, 6.07) is 4.77. The van der Waals surface area contributed by atoms with Crippen molar-refractivity contribution in [2.75, 3.05) is 0 Å². The van der Waals surface area contributed by atoms with Gasteiger partial charge in [-0.25, -0.2) is 0 Å². The van der Waals surface area contributed by atoms with E-state index in [-0.39, 0.29) is 0 Å². The van der Waals surface area contributed by atoms with Crippen molar-refractivity contribution in [2.24, 2.45) is 10.8 Å². The SMILES string of the molecule is CC1(C)CC(NCc2cccnc2)CC(C)(C)C1. The van der Waals surface area contributed by atoms with Crippen LogP contribution >= 0.6 is 0 Å². The van der Waals surface area contributed by atoms with Crippen LogP contribution in [0.1, 0.15) is 52.5 Å². The lowest BCUT2D eigenvalue weighted by Gasteiger charge is -2.45. The molecule has 0 aliphatic heterocycles.